The van der Waals surface area contributed by atoms with Crippen LogP contribution in [0.25, 0.3) is 0 Å². The van der Waals surface area contributed by atoms with Crippen LogP contribution in [0.2, 0.25) is 0 Å². The van der Waals surface area contributed by atoms with E-state index in [0.717, 1.165) is 23.4 Å². The third kappa shape index (κ3) is 4.27. The molecule has 5 heteroatoms. The maximum absolute atomic E-state index is 13.0. The molecule has 0 aliphatic rings. The third-order valence-corrected chi connectivity index (χ3v) is 2.88. The van der Waals surface area contributed by atoms with Crippen LogP contribution in [0.1, 0.15) is 12.0 Å². The molecule has 0 saturated carbocycles. The Morgan fingerprint density at radius 2 is 1.90 bits per heavy atom. The van der Waals surface area contributed by atoms with Gasteiger partial charge >= 0.3 is 0 Å². The number of nitrogens with one attached hydrogen (secondary N) is 1. The average Bonchev–Trinajstić information content (AvgIpc) is 2.45. The summed E-state index contributed by atoms with van der Waals surface area (Å²) in [6, 6.07) is 10.7. The minimum atomic E-state index is -0.996. The molecule has 21 heavy (non-hydrogen) atoms. The van der Waals surface area contributed by atoms with Gasteiger partial charge in [0.25, 0.3) is 0 Å². The molecule has 0 atom stereocenters. The normalized spacial score (nSPS) is 10.2. The first kappa shape index (κ1) is 15.0. The Balaban J connectivity index is 1.82. The second kappa shape index (κ2) is 6.83. The van der Waals surface area contributed by atoms with E-state index >= 15 is 0 Å². The van der Waals surface area contributed by atoms with E-state index in [1.165, 1.54) is 6.07 Å². The van der Waals surface area contributed by atoms with E-state index in [9.17, 15) is 13.6 Å². The van der Waals surface area contributed by atoms with Crippen molar-refractivity contribution in [3.8, 4) is 5.75 Å². The molecule has 2 rings (SSSR count). The summed E-state index contributed by atoms with van der Waals surface area (Å²) in [5.41, 5.74) is 1.20. The number of amides is 1. The number of ether oxygens (including phenoxy) is 1. The van der Waals surface area contributed by atoms with Crippen LogP contribution >= 0.6 is 0 Å². The monoisotopic (exact) mass is 291 g/mol. The molecule has 0 aliphatic heterocycles. The van der Waals surface area contributed by atoms with Crippen LogP contribution in [-0.4, -0.2) is 12.5 Å². The lowest BCUT2D eigenvalue weighted by Gasteiger charge is -2.09. The van der Waals surface area contributed by atoms with Crippen LogP contribution in [0.15, 0.2) is 42.5 Å². The van der Waals surface area contributed by atoms with Crippen LogP contribution in [0, 0.1) is 18.6 Å². The minimum Gasteiger partial charge on any atom is -0.493 e. The van der Waals surface area contributed by atoms with E-state index < -0.39 is 11.6 Å². The number of benzene rings is 2. The lowest BCUT2D eigenvalue weighted by atomic mass is 10.2. The van der Waals surface area contributed by atoms with Gasteiger partial charge < -0.3 is 10.1 Å². The summed E-state index contributed by atoms with van der Waals surface area (Å²) < 4.78 is 31.2. The summed E-state index contributed by atoms with van der Waals surface area (Å²) in [5, 5.41) is 2.49. The Labute approximate surface area is 121 Å². The quantitative estimate of drug-likeness (QED) is 0.912. The van der Waals surface area contributed by atoms with Gasteiger partial charge in [-0.1, -0.05) is 18.2 Å². The zero-order valence-corrected chi connectivity index (χ0v) is 11.5. The molecule has 1 amide bonds. The van der Waals surface area contributed by atoms with E-state index in [-0.39, 0.29) is 24.6 Å². The zero-order chi connectivity index (χ0) is 15.2. The number of carbonyl (C=O) groups excluding carboxylic acids is 1. The van der Waals surface area contributed by atoms with E-state index in [2.05, 4.69) is 5.32 Å². The van der Waals surface area contributed by atoms with Crippen molar-refractivity contribution in [3.63, 3.8) is 0 Å². The molecule has 1 N–H and O–H groups in total. The third-order valence-electron chi connectivity index (χ3n) is 2.88. The van der Waals surface area contributed by atoms with Crippen molar-refractivity contribution in [1.82, 2.24) is 0 Å². The van der Waals surface area contributed by atoms with Gasteiger partial charge in [0.2, 0.25) is 5.91 Å². The summed E-state index contributed by atoms with van der Waals surface area (Å²) in [5.74, 6) is -1.55. The highest BCUT2D eigenvalue weighted by molar-refractivity contribution is 5.90. The number of hydrogen-bond acceptors (Lipinski definition) is 2. The molecule has 0 spiro atoms. The van der Waals surface area contributed by atoms with Crippen molar-refractivity contribution in [2.45, 2.75) is 13.3 Å². The van der Waals surface area contributed by atoms with Crippen molar-refractivity contribution in [3.05, 3.63) is 59.7 Å². The molecule has 0 bridgehead atoms. The number of hydrogen-bond donors (Lipinski definition) is 1. The predicted molar refractivity (Wildman–Crippen MR) is 76.3 cm³/mol. The molecule has 3 nitrogen and oxygen atoms in total. The maximum atomic E-state index is 13.0. The molecule has 0 radical (unpaired) electrons. The van der Waals surface area contributed by atoms with Crippen molar-refractivity contribution < 1.29 is 18.3 Å². The van der Waals surface area contributed by atoms with Gasteiger partial charge in [0, 0.05) is 11.8 Å². The average molecular weight is 291 g/mol. The number of rotatable bonds is 5. The van der Waals surface area contributed by atoms with Crippen LogP contribution in [0.4, 0.5) is 14.5 Å². The zero-order valence-electron chi connectivity index (χ0n) is 11.5. The van der Waals surface area contributed by atoms with E-state index in [0.29, 0.717) is 0 Å². The SMILES string of the molecule is Cc1ccccc1OCCC(=O)Nc1ccc(F)c(F)c1. The molecule has 0 aromatic heterocycles. The number of para-hydroxylation sites is 1. The smallest absolute Gasteiger partial charge is 0.227 e. The number of anilines is 1. The van der Waals surface area contributed by atoms with Crippen molar-refractivity contribution in [2.75, 3.05) is 11.9 Å². The lowest BCUT2D eigenvalue weighted by molar-refractivity contribution is -0.116. The first-order chi connectivity index (χ1) is 10.1. The van der Waals surface area contributed by atoms with Crippen LogP contribution in [0.5, 0.6) is 5.75 Å². The largest absolute Gasteiger partial charge is 0.493 e. The highest BCUT2D eigenvalue weighted by Crippen LogP contribution is 2.16. The van der Waals surface area contributed by atoms with Crippen molar-refractivity contribution in [2.24, 2.45) is 0 Å². The summed E-state index contributed by atoms with van der Waals surface area (Å²) in [4.78, 5) is 11.7. The van der Waals surface area contributed by atoms with Crippen LogP contribution in [-0.2, 0) is 4.79 Å². The molecule has 0 heterocycles. The number of aryl methyl sites for hydroxylation is 1. The maximum Gasteiger partial charge on any atom is 0.227 e. The number of halogens is 2. The Bertz CT molecular complexity index is 644. The molecule has 2 aromatic carbocycles. The Hall–Kier alpha value is -2.43. The Morgan fingerprint density at radius 3 is 2.62 bits per heavy atom. The van der Waals surface area contributed by atoms with Crippen LogP contribution < -0.4 is 10.1 Å². The fourth-order valence-corrected chi connectivity index (χ4v) is 1.77. The van der Waals surface area contributed by atoms with Gasteiger partial charge in [-0.25, -0.2) is 8.78 Å². The van der Waals surface area contributed by atoms with Gasteiger partial charge in [-0.2, -0.15) is 0 Å². The Kier molecular flexibility index (Phi) is 4.87. The molecular formula is C16H15F2NO2. The van der Waals surface area contributed by atoms with Gasteiger partial charge in [-0.05, 0) is 30.7 Å². The molecular weight excluding hydrogens is 276 g/mol. The summed E-state index contributed by atoms with van der Waals surface area (Å²) >= 11 is 0. The van der Waals surface area contributed by atoms with E-state index in [4.69, 9.17) is 4.74 Å². The lowest BCUT2D eigenvalue weighted by Crippen LogP contribution is -2.15. The molecule has 0 aliphatic carbocycles. The minimum absolute atomic E-state index is 0.118. The molecule has 2 aromatic rings. The van der Waals surface area contributed by atoms with Crippen molar-refractivity contribution >= 4 is 11.6 Å². The Morgan fingerprint density at radius 1 is 1.14 bits per heavy atom. The summed E-state index contributed by atoms with van der Waals surface area (Å²) in [6.07, 6.45) is 0.118. The van der Waals surface area contributed by atoms with Gasteiger partial charge in [0.15, 0.2) is 11.6 Å². The second-order valence-corrected chi connectivity index (χ2v) is 4.54. The summed E-state index contributed by atoms with van der Waals surface area (Å²) in [6.45, 7) is 2.12. The fraction of sp³-hybridized carbons (Fsp3) is 0.188. The summed E-state index contributed by atoms with van der Waals surface area (Å²) in [7, 11) is 0. The second-order valence-electron chi connectivity index (χ2n) is 4.54. The van der Waals surface area contributed by atoms with Gasteiger partial charge in [-0.3, -0.25) is 4.79 Å². The standard InChI is InChI=1S/C16H15F2NO2/c1-11-4-2-3-5-15(11)21-9-8-16(20)19-12-6-7-13(17)14(18)10-12/h2-7,10H,8-9H2,1H3,(H,19,20). The molecule has 0 fully saturated rings. The topological polar surface area (TPSA) is 38.3 Å². The van der Waals surface area contributed by atoms with E-state index in [1.54, 1.807) is 0 Å². The van der Waals surface area contributed by atoms with Crippen molar-refractivity contribution in [1.29, 1.82) is 0 Å². The highest BCUT2D eigenvalue weighted by atomic mass is 19.2. The highest BCUT2D eigenvalue weighted by Gasteiger charge is 2.07. The fourth-order valence-electron chi connectivity index (χ4n) is 1.77. The van der Waals surface area contributed by atoms with Gasteiger partial charge in [-0.15, -0.1) is 0 Å². The number of carbonyl (C=O) groups is 1. The predicted octanol–water partition coefficient (Wildman–Crippen LogP) is 3.68. The molecule has 0 saturated heterocycles. The van der Waals surface area contributed by atoms with Gasteiger partial charge in [0.05, 0.1) is 13.0 Å². The van der Waals surface area contributed by atoms with Crippen LogP contribution in [0.3, 0.4) is 0 Å². The molecule has 110 valence electrons. The van der Waals surface area contributed by atoms with E-state index in [1.807, 2.05) is 31.2 Å². The first-order valence-electron chi connectivity index (χ1n) is 6.49. The van der Waals surface area contributed by atoms with Gasteiger partial charge in [0.1, 0.15) is 5.75 Å². The first-order valence-corrected chi connectivity index (χ1v) is 6.49. The molecule has 0 unspecified atom stereocenters.